The molecule has 0 aromatic carbocycles. The largest absolute Gasteiger partial charge is 0.357 e. The zero-order valence-electron chi connectivity index (χ0n) is 8.51. The van der Waals surface area contributed by atoms with Crippen LogP contribution in [0.4, 0.5) is 0 Å². The highest BCUT2D eigenvalue weighted by Gasteiger charge is 2.06. The normalized spacial score (nSPS) is 12.0. The Morgan fingerprint density at radius 1 is 1.17 bits per heavy atom. The molecule has 0 bridgehead atoms. The van der Waals surface area contributed by atoms with Gasteiger partial charge in [0.2, 0.25) is 0 Å². The summed E-state index contributed by atoms with van der Waals surface area (Å²) in [4.78, 5) is 0. The fourth-order valence-corrected chi connectivity index (χ4v) is 1.87. The van der Waals surface area contributed by atoms with Crippen molar-refractivity contribution in [2.75, 3.05) is 13.2 Å². The Morgan fingerprint density at radius 2 is 1.67 bits per heavy atom. The van der Waals surface area contributed by atoms with E-state index in [1.807, 2.05) is 0 Å². The fourth-order valence-electron chi connectivity index (χ4n) is 0.875. The molecule has 0 aromatic rings. The maximum absolute atomic E-state index is 5.54. The Morgan fingerprint density at radius 3 is 2.00 bits per heavy atom. The minimum absolute atomic E-state index is 0.120. The van der Waals surface area contributed by atoms with Crippen molar-refractivity contribution in [2.24, 2.45) is 0 Å². The van der Waals surface area contributed by atoms with E-state index in [-0.39, 0.29) is 15.4 Å². The van der Waals surface area contributed by atoms with E-state index >= 15 is 0 Å². The summed E-state index contributed by atoms with van der Waals surface area (Å²) in [5.74, 6) is 0.120. The molecule has 0 saturated heterocycles. The van der Waals surface area contributed by atoms with Crippen LogP contribution in [0, 0.1) is 6.04 Å². The van der Waals surface area contributed by atoms with Crippen molar-refractivity contribution in [2.45, 2.75) is 39.5 Å². The van der Waals surface area contributed by atoms with E-state index in [0.29, 0.717) is 0 Å². The molecule has 0 saturated carbocycles. The van der Waals surface area contributed by atoms with Crippen LogP contribution in [0.5, 0.6) is 0 Å². The van der Waals surface area contributed by atoms with E-state index in [1.165, 1.54) is 0 Å². The molecule has 0 unspecified atom stereocenters. The van der Waals surface area contributed by atoms with Gasteiger partial charge in [-0.25, -0.2) is 0 Å². The summed E-state index contributed by atoms with van der Waals surface area (Å²) in [6, 6.07) is 2.22. The topological polar surface area (TPSA) is 18.5 Å². The van der Waals surface area contributed by atoms with Gasteiger partial charge in [-0.15, -0.1) is 0 Å². The van der Waals surface area contributed by atoms with Crippen molar-refractivity contribution in [1.29, 1.82) is 0 Å². The lowest BCUT2D eigenvalue weighted by Crippen LogP contribution is -2.25. The number of ether oxygens (including phenoxy) is 2. The third-order valence-electron chi connectivity index (χ3n) is 1.44. The summed E-state index contributed by atoms with van der Waals surface area (Å²) in [5.41, 5.74) is 0. The average molecular weight is 189 g/mol. The second kappa shape index (κ2) is 9.23. The van der Waals surface area contributed by atoms with Crippen molar-refractivity contribution >= 4 is 9.52 Å². The molecule has 2 nitrogen and oxygen atoms in total. The highest BCUT2D eigenvalue weighted by Crippen LogP contribution is 1.97. The van der Waals surface area contributed by atoms with E-state index in [4.69, 9.17) is 9.47 Å². The zero-order valence-corrected chi connectivity index (χ0v) is 9.92. The predicted octanol–water partition coefficient (Wildman–Crippen LogP) is 1.47. The SMILES string of the molecule is C[CH][SiH2]C(OCCC)OCCC. The molecule has 0 aliphatic heterocycles. The van der Waals surface area contributed by atoms with Crippen LogP contribution < -0.4 is 0 Å². The van der Waals surface area contributed by atoms with Crippen LogP contribution in [0.2, 0.25) is 0 Å². The third-order valence-corrected chi connectivity index (χ3v) is 2.77. The standard InChI is InChI=1S/C9H21O2Si/c1-4-7-10-9(12-6-3)11-8-5-2/h6,9H,4-5,7-8,12H2,1-3H3. The van der Waals surface area contributed by atoms with Gasteiger partial charge in [-0.2, -0.15) is 0 Å². The van der Waals surface area contributed by atoms with Crippen molar-refractivity contribution in [3.63, 3.8) is 0 Å². The second-order valence-corrected chi connectivity index (χ2v) is 4.77. The summed E-state index contributed by atoms with van der Waals surface area (Å²) in [5, 5.41) is 0. The lowest BCUT2D eigenvalue weighted by Gasteiger charge is -2.16. The quantitative estimate of drug-likeness (QED) is 0.425. The third kappa shape index (κ3) is 6.82. The molecule has 1 radical (unpaired) electrons. The van der Waals surface area contributed by atoms with Gasteiger partial charge in [-0.05, 0) is 18.9 Å². The van der Waals surface area contributed by atoms with E-state index < -0.39 is 0 Å². The molecule has 0 fully saturated rings. The molecule has 0 aliphatic carbocycles. The molecule has 0 spiro atoms. The first-order chi connectivity index (χ1) is 5.85. The van der Waals surface area contributed by atoms with Crippen molar-refractivity contribution < 1.29 is 9.47 Å². The molecule has 0 amide bonds. The van der Waals surface area contributed by atoms with E-state index in [9.17, 15) is 0 Å². The van der Waals surface area contributed by atoms with Gasteiger partial charge in [0.1, 0.15) is 5.91 Å². The lowest BCUT2D eigenvalue weighted by molar-refractivity contribution is -0.0898. The van der Waals surface area contributed by atoms with E-state index in [2.05, 4.69) is 26.8 Å². The zero-order chi connectivity index (χ0) is 9.23. The van der Waals surface area contributed by atoms with Crippen LogP contribution in [0.1, 0.15) is 33.6 Å². The predicted molar refractivity (Wildman–Crippen MR) is 54.8 cm³/mol. The summed E-state index contributed by atoms with van der Waals surface area (Å²) >= 11 is 0. The summed E-state index contributed by atoms with van der Waals surface area (Å²) in [7, 11) is -0.274. The number of hydrogen-bond acceptors (Lipinski definition) is 2. The average Bonchev–Trinajstić information content (AvgIpc) is 2.10. The van der Waals surface area contributed by atoms with Gasteiger partial charge in [0.15, 0.2) is 0 Å². The van der Waals surface area contributed by atoms with Crippen LogP contribution >= 0.6 is 0 Å². The Balaban J connectivity index is 3.40. The van der Waals surface area contributed by atoms with Gasteiger partial charge in [-0.3, -0.25) is 0 Å². The van der Waals surface area contributed by atoms with Gasteiger partial charge in [0.25, 0.3) is 0 Å². The minimum Gasteiger partial charge on any atom is -0.357 e. The summed E-state index contributed by atoms with van der Waals surface area (Å²) in [6.07, 6.45) is 2.15. The number of rotatable bonds is 8. The fraction of sp³-hybridized carbons (Fsp3) is 0.889. The molecule has 0 aromatic heterocycles. The monoisotopic (exact) mass is 189 g/mol. The highest BCUT2D eigenvalue weighted by atomic mass is 28.2. The molecular weight excluding hydrogens is 168 g/mol. The van der Waals surface area contributed by atoms with Crippen molar-refractivity contribution in [3.8, 4) is 0 Å². The second-order valence-electron chi connectivity index (χ2n) is 2.82. The van der Waals surface area contributed by atoms with Gasteiger partial charge in [0.05, 0.1) is 9.52 Å². The Labute approximate surface area is 78.5 Å². The van der Waals surface area contributed by atoms with Crippen molar-refractivity contribution in [1.82, 2.24) is 0 Å². The van der Waals surface area contributed by atoms with Crippen LogP contribution in [-0.2, 0) is 9.47 Å². The molecule has 0 atom stereocenters. The highest BCUT2D eigenvalue weighted by molar-refractivity contribution is 6.40. The van der Waals surface area contributed by atoms with Gasteiger partial charge < -0.3 is 9.47 Å². The maximum Gasteiger partial charge on any atom is 0.135 e. The molecule has 0 rings (SSSR count). The lowest BCUT2D eigenvalue weighted by atomic mass is 10.5. The molecule has 3 heteroatoms. The van der Waals surface area contributed by atoms with Crippen LogP contribution in [0.25, 0.3) is 0 Å². The minimum atomic E-state index is -0.274. The molecule has 0 aliphatic rings. The first kappa shape index (κ1) is 12.1. The summed E-state index contributed by atoms with van der Waals surface area (Å²) < 4.78 is 11.1. The Kier molecular flexibility index (Phi) is 9.33. The molecular formula is C9H21O2Si. The molecule has 0 heterocycles. The maximum atomic E-state index is 5.54. The van der Waals surface area contributed by atoms with Crippen molar-refractivity contribution in [3.05, 3.63) is 6.04 Å². The smallest absolute Gasteiger partial charge is 0.135 e. The van der Waals surface area contributed by atoms with Crippen LogP contribution in [-0.4, -0.2) is 28.6 Å². The van der Waals surface area contributed by atoms with Gasteiger partial charge >= 0.3 is 0 Å². The van der Waals surface area contributed by atoms with Crippen LogP contribution in [0.15, 0.2) is 0 Å². The first-order valence-corrected chi connectivity index (χ1v) is 6.49. The van der Waals surface area contributed by atoms with Gasteiger partial charge in [-0.1, -0.05) is 20.8 Å². The molecule has 73 valence electrons. The summed E-state index contributed by atoms with van der Waals surface area (Å²) in [6.45, 7) is 7.98. The molecule has 0 N–H and O–H groups in total. The van der Waals surface area contributed by atoms with E-state index in [1.54, 1.807) is 0 Å². The van der Waals surface area contributed by atoms with Crippen LogP contribution in [0.3, 0.4) is 0 Å². The Hall–Kier alpha value is 0.137. The Bertz CT molecular complexity index is 80.6. The first-order valence-electron chi connectivity index (χ1n) is 4.86. The van der Waals surface area contributed by atoms with E-state index in [0.717, 1.165) is 26.1 Å². The van der Waals surface area contributed by atoms with Gasteiger partial charge in [0, 0.05) is 13.2 Å². The molecule has 12 heavy (non-hydrogen) atoms. The number of hydrogen-bond donors (Lipinski definition) is 0.